The van der Waals surface area contributed by atoms with Gasteiger partial charge in [0.05, 0.1) is 0 Å². The van der Waals surface area contributed by atoms with Gasteiger partial charge in [-0.3, -0.25) is 0 Å². The van der Waals surface area contributed by atoms with Gasteiger partial charge in [0.2, 0.25) is 0 Å². The van der Waals surface area contributed by atoms with E-state index in [-0.39, 0.29) is 5.82 Å². The molecule has 0 aromatic heterocycles. The summed E-state index contributed by atoms with van der Waals surface area (Å²) in [6, 6.07) is 6.88. The first-order valence-electron chi connectivity index (χ1n) is 5.54. The van der Waals surface area contributed by atoms with Crippen molar-refractivity contribution in [1.29, 1.82) is 0 Å². The summed E-state index contributed by atoms with van der Waals surface area (Å²) in [5.74, 6) is 2.79. The molecule has 0 amide bonds. The number of ether oxygens (including phenoxy) is 1. The number of hydrogen-bond donors (Lipinski definition) is 1. The van der Waals surface area contributed by atoms with Crippen LogP contribution in [-0.4, -0.2) is 30.7 Å². The molecule has 1 aromatic rings. The topological polar surface area (TPSA) is 21.3 Å². The molecule has 1 aliphatic heterocycles. The molecule has 88 valence electrons. The van der Waals surface area contributed by atoms with Gasteiger partial charge in [-0.25, -0.2) is 4.39 Å². The van der Waals surface area contributed by atoms with E-state index in [1.807, 2.05) is 11.8 Å². The van der Waals surface area contributed by atoms with Crippen LogP contribution in [0.1, 0.15) is 6.42 Å². The van der Waals surface area contributed by atoms with Crippen LogP contribution in [0.25, 0.3) is 0 Å². The number of thioether (sulfide) groups is 1. The minimum atomic E-state index is -0.252. The molecule has 0 bridgehead atoms. The monoisotopic (exact) mass is 241 g/mol. The first kappa shape index (κ1) is 11.7. The lowest BCUT2D eigenvalue weighted by Gasteiger charge is -2.11. The number of hydrogen-bond acceptors (Lipinski definition) is 3. The lowest BCUT2D eigenvalue weighted by Crippen LogP contribution is -2.32. The molecule has 1 aliphatic rings. The zero-order chi connectivity index (χ0) is 11.2. The third-order valence-electron chi connectivity index (χ3n) is 2.53. The van der Waals surface area contributed by atoms with Gasteiger partial charge < -0.3 is 10.1 Å². The molecule has 2 nitrogen and oxygen atoms in total. The van der Waals surface area contributed by atoms with Gasteiger partial charge in [0.1, 0.15) is 18.2 Å². The zero-order valence-corrected chi connectivity index (χ0v) is 9.93. The largest absolute Gasteiger partial charge is 0.492 e. The molecule has 0 aliphatic carbocycles. The van der Waals surface area contributed by atoms with E-state index in [4.69, 9.17) is 4.74 Å². The molecule has 1 fully saturated rings. The molecule has 0 spiro atoms. The summed E-state index contributed by atoms with van der Waals surface area (Å²) in [6.07, 6.45) is 1.24. The van der Waals surface area contributed by atoms with Crippen LogP contribution in [-0.2, 0) is 0 Å². The van der Waals surface area contributed by atoms with Crippen LogP contribution in [0.3, 0.4) is 0 Å². The molecule has 0 saturated carbocycles. The van der Waals surface area contributed by atoms with Crippen LogP contribution < -0.4 is 10.1 Å². The van der Waals surface area contributed by atoms with Crippen molar-refractivity contribution in [3.63, 3.8) is 0 Å². The third-order valence-corrected chi connectivity index (χ3v) is 3.69. The minimum absolute atomic E-state index is 0.252. The van der Waals surface area contributed by atoms with Crippen LogP contribution in [0, 0.1) is 5.82 Å². The Balaban J connectivity index is 1.64. The summed E-state index contributed by atoms with van der Waals surface area (Å²) < 4.78 is 18.3. The molecule has 4 heteroatoms. The van der Waals surface area contributed by atoms with E-state index >= 15 is 0 Å². The van der Waals surface area contributed by atoms with Crippen molar-refractivity contribution < 1.29 is 9.13 Å². The highest BCUT2D eigenvalue weighted by Gasteiger charge is 2.13. The van der Waals surface area contributed by atoms with Gasteiger partial charge in [-0.1, -0.05) is 6.07 Å². The zero-order valence-electron chi connectivity index (χ0n) is 9.12. The molecule has 2 rings (SSSR count). The lowest BCUT2D eigenvalue weighted by molar-refractivity contribution is 0.306. The maximum Gasteiger partial charge on any atom is 0.126 e. The highest BCUT2D eigenvalue weighted by atomic mass is 32.2. The first-order valence-corrected chi connectivity index (χ1v) is 6.69. The first-order chi connectivity index (χ1) is 7.84. The molecule has 0 radical (unpaired) electrons. The van der Waals surface area contributed by atoms with Crippen molar-refractivity contribution in [2.45, 2.75) is 12.5 Å². The smallest absolute Gasteiger partial charge is 0.126 e. The standard InChI is InChI=1S/C12H16FNOS/c13-10-2-1-3-12(8-10)15-6-5-14-11-4-7-16-9-11/h1-3,8,11,14H,4-7,9H2. The summed E-state index contributed by atoms with van der Waals surface area (Å²) in [7, 11) is 0. The summed E-state index contributed by atoms with van der Waals surface area (Å²) >= 11 is 1.99. The molecule has 1 heterocycles. The Hall–Kier alpha value is -0.740. The van der Waals surface area contributed by atoms with Crippen molar-refractivity contribution in [3.05, 3.63) is 30.1 Å². The summed E-state index contributed by atoms with van der Waals surface area (Å²) in [5.41, 5.74) is 0. The van der Waals surface area contributed by atoms with Gasteiger partial charge in [0.15, 0.2) is 0 Å². The van der Waals surface area contributed by atoms with Crippen LogP contribution in [0.2, 0.25) is 0 Å². The van der Waals surface area contributed by atoms with Crippen molar-refractivity contribution in [2.24, 2.45) is 0 Å². The minimum Gasteiger partial charge on any atom is -0.492 e. The number of rotatable bonds is 5. The fourth-order valence-electron chi connectivity index (χ4n) is 1.68. The summed E-state index contributed by atoms with van der Waals surface area (Å²) in [4.78, 5) is 0. The van der Waals surface area contributed by atoms with Crippen molar-refractivity contribution in [3.8, 4) is 5.75 Å². The van der Waals surface area contributed by atoms with E-state index in [9.17, 15) is 4.39 Å². The summed E-state index contributed by atoms with van der Waals surface area (Å²) in [6.45, 7) is 1.41. The maximum absolute atomic E-state index is 12.8. The van der Waals surface area contributed by atoms with Crippen molar-refractivity contribution >= 4 is 11.8 Å². The molecule has 1 saturated heterocycles. The Labute approximate surface area is 99.6 Å². The average molecular weight is 241 g/mol. The molecule has 16 heavy (non-hydrogen) atoms. The SMILES string of the molecule is Fc1cccc(OCCNC2CCSC2)c1. The van der Waals surface area contributed by atoms with E-state index in [1.165, 1.54) is 30.1 Å². The van der Waals surface area contributed by atoms with Gasteiger partial charge in [0.25, 0.3) is 0 Å². The highest BCUT2D eigenvalue weighted by Crippen LogP contribution is 2.16. The Morgan fingerprint density at radius 2 is 2.44 bits per heavy atom. The Kier molecular flexibility index (Phi) is 4.48. The second-order valence-electron chi connectivity index (χ2n) is 3.82. The van der Waals surface area contributed by atoms with Gasteiger partial charge in [-0.05, 0) is 24.3 Å². The molecule has 1 N–H and O–H groups in total. The van der Waals surface area contributed by atoms with E-state index in [2.05, 4.69) is 5.32 Å². The Morgan fingerprint density at radius 3 is 3.19 bits per heavy atom. The second-order valence-corrected chi connectivity index (χ2v) is 4.97. The summed E-state index contributed by atoms with van der Waals surface area (Å²) in [5, 5.41) is 3.43. The Bertz CT molecular complexity index is 329. The van der Waals surface area contributed by atoms with Crippen molar-refractivity contribution in [1.82, 2.24) is 5.32 Å². The van der Waals surface area contributed by atoms with Gasteiger partial charge >= 0.3 is 0 Å². The molecule has 1 unspecified atom stereocenters. The molecular weight excluding hydrogens is 225 g/mol. The fraction of sp³-hybridized carbons (Fsp3) is 0.500. The Morgan fingerprint density at radius 1 is 1.50 bits per heavy atom. The lowest BCUT2D eigenvalue weighted by atomic mass is 10.3. The van der Waals surface area contributed by atoms with Crippen LogP contribution in [0.4, 0.5) is 4.39 Å². The number of nitrogens with one attached hydrogen (secondary N) is 1. The fourth-order valence-corrected chi connectivity index (χ4v) is 2.87. The van der Waals surface area contributed by atoms with E-state index < -0.39 is 0 Å². The maximum atomic E-state index is 12.8. The van der Waals surface area contributed by atoms with E-state index in [0.717, 1.165) is 6.54 Å². The molecular formula is C12H16FNOS. The normalized spacial score (nSPS) is 19.9. The second kappa shape index (κ2) is 6.11. The van der Waals surface area contributed by atoms with Crippen LogP contribution in [0.5, 0.6) is 5.75 Å². The predicted molar refractivity (Wildman–Crippen MR) is 65.6 cm³/mol. The molecule has 1 atom stereocenters. The number of benzene rings is 1. The number of halogens is 1. The van der Waals surface area contributed by atoms with Gasteiger partial charge in [-0.2, -0.15) is 11.8 Å². The van der Waals surface area contributed by atoms with E-state index in [1.54, 1.807) is 12.1 Å². The predicted octanol–water partition coefficient (Wildman–Crippen LogP) is 2.30. The van der Waals surface area contributed by atoms with Crippen LogP contribution >= 0.6 is 11.8 Å². The van der Waals surface area contributed by atoms with Crippen molar-refractivity contribution in [2.75, 3.05) is 24.7 Å². The van der Waals surface area contributed by atoms with Gasteiger partial charge in [0, 0.05) is 24.4 Å². The molecule has 1 aromatic carbocycles. The van der Waals surface area contributed by atoms with Crippen LogP contribution in [0.15, 0.2) is 24.3 Å². The quantitative estimate of drug-likeness (QED) is 0.799. The third kappa shape index (κ3) is 3.68. The average Bonchev–Trinajstić information content (AvgIpc) is 2.77. The van der Waals surface area contributed by atoms with E-state index in [0.29, 0.717) is 18.4 Å². The highest BCUT2D eigenvalue weighted by molar-refractivity contribution is 7.99. The van der Waals surface area contributed by atoms with Gasteiger partial charge in [-0.15, -0.1) is 0 Å².